The van der Waals surface area contributed by atoms with E-state index >= 15 is 0 Å². The minimum atomic E-state index is 0.301. The van der Waals surface area contributed by atoms with Crippen LogP contribution in [-0.2, 0) is 12.8 Å². The first-order valence-corrected chi connectivity index (χ1v) is 5.12. The second-order valence-electron chi connectivity index (χ2n) is 4.15. The summed E-state index contributed by atoms with van der Waals surface area (Å²) in [5.41, 5.74) is 8.75. The highest BCUT2D eigenvalue weighted by atomic mass is 16.5. The van der Waals surface area contributed by atoms with Crippen molar-refractivity contribution >= 4 is 0 Å². The molecule has 14 heavy (non-hydrogen) atoms. The van der Waals surface area contributed by atoms with Crippen LogP contribution in [0.5, 0.6) is 5.75 Å². The molecule has 2 nitrogen and oxygen atoms in total. The molecular formula is C12H17NO. The molecule has 2 atom stereocenters. The zero-order valence-electron chi connectivity index (χ0n) is 8.79. The molecule has 2 rings (SSSR count). The molecule has 0 radical (unpaired) electrons. The minimum Gasteiger partial charge on any atom is -0.496 e. The molecule has 2 heteroatoms. The summed E-state index contributed by atoms with van der Waals surface area (Å²) in [5, 5.41) is 0. The number of methoxy groups -OCH3 is 1. The molecule has 0 aromatic heterocycles. The summed E-state index contributed by atoms with van der Waals surface area (Å²) >= 11 is 0. The van der Waals surface area contributed by atoms with E-state index in [2.05, 4.69) is 13.0 Å². The third-order valence-corrected chi connectivity index (χ3v) is 3.16. The third kappa shape index (κ3) is 1.50. The van der Waals surface area contributed by atoms with Gasteiger partial charge in [0.2, 0.25) is 0 Å². The van der Waals surface area contributed by atoms with Crippen molar-refractivity contribution in [2.45, 2.75) is 25.8 Å². The van der Waals surface area contributed by atoms with Crippen LogP contribution in [0.1, 0.15) is 18.1 Å². The Bertz CT molecular complexity index is 335. The van der Waals surface area contributed by atoms with E-state index in [4.69, 9.17) is 10.5 Å². The average molecular weight is 191 g/mol. The molecule has 0 spiro atoms. The topological polar surface area (TPSA) is 35.2 Å². The number of ether oxygens (including phenoxy) is 1. The van der Waals surface area contributed by atoms with Crippen molar-refractivity contribution in [3.8, 4) is 5.75 Å². The monoisotopic (exact) mass is 191 g/mol. The molecule has 0 unspecified atom stereocenters. The highest BCUT2D eigenvalue weighted by Crippen LogP contribution is 2.31. The van der Waals surface area contributed by atoms with Gasteiger partial charge in [0, 0.05) is 6.04 Å². The highest BCUT2D eigenvalue weighted by Gasteiger charge is 2.24. The van der Waals surface area contributed by atoms with Crippen molar-refractivity contribution in [1.29, 1.82) is 0 Å². The van der Waals surface area contributed by atoms with E-state index in [1.54, 1.807) is 7.11 Å². The van der Waals surface area contributed by atoms with Crippen molar-refractivity contribution in [1.82, 2.24) is 0 Å². The van der Waals surface area contributed by atoms with Crippen LogP contribution in [0.4, 0.5) is 0 Å². The maximum atomic E-state index is 6.04. The van der Waals surface area contributed by atoms with Crippen LogP contribution in [0.25, 0.3) is 0 Å². The molecule has 0 amide bonds. The lowest BCUT2D eigenvalue weighted by atomic mass is 9.81. The van der Waals surface area contributed by atoms with Gasteiger partial charge in [-0.2, -0.15) is 0 Å². The van der Waals surface area contributed by atoms with Crippen molar-refractivity contribution in [3.05, 3.63) is 29.3 Å². The number of rotatable bonds is 1. The lowest BCUT2D eigenvalue weighted by Gasteiger charge is -2.28. The van der Waals surface area contributed by atoms with Crippen molar-refractivity contribution in [2.24, 2.45) is 11.7 Å². The van der Waals surface area contributed by atoms with Gasteiger partial charge in [-0.15, -0.1) is 0 Å². The smallest absolute Gasteiger partial charge is 0.122 e. The molecule has 1 aliphatic rings. The second-order valence-corrected chi connectivity index (χ2v) is 4.15. The van der Waals surface area contributed by atoms with Gasteiger partial charge in [0.1, 0.15) is 5.75 Å². The predicted octanol–water partition coefficient (Wildman–Crippen LogP) is 1.76. The maximum Gasteiger partial charge on any atom is 0.122 e. The van der Waals surface area contributed by atoms with E-state index in [-0.39, 0.29) is 0 Å². The van der Waals surface area contributed by atoms with E-state index in [1.165, 1.54) is 11.1 Å². The summed E-state index contributed by atoms with van der Waals surface area (Å²) in [6.45, 7) is 2.21. The molecule has 1 aliphatic carbocycles. The van der Waals surface area contributed by atoms with Gasteiger partial charge in [0.05, 0.1) is 7.11 Å². The highest BCUT2D eigenvalue weighted by molar-refractivity contribution is 5.42. The average Bonchev–Trinajstić information content (AvgIpc) is 2.19. The van der Waals surface area contributed by atoms with Gasteiger partial charge in [-0.05, 0) is 36.0 Å². The van der Waals surface area contributed by atoms with Crippen LogP contribution in [-0.4, -0.2) is 13.2 Å². The quantitative estimate of drug-likeness (QED) is 0.734. The van der Waals surface area contributed by atoms with Gasteiger partial charge in [-0.1, -0.05) is 19.1 Å². The SMILES string of the molecule is COc1cccc2c1C[C@H](C)[C@H](N)C2. The van der Waals surface area contributed by atoms with E-state index in [0.29, 0.717) is 12.0 Å². The first kappa shape index (κ1) is 9.53. The lowest BCUT2D eigenvalue weighted by molar-refractivity contribution is 0.382. The summed E-state index contributed by atoms with van der Waals surface area (Å²) in [6, 6.07) is 6.53. The summed E-state index contributed by atoms with van der Waals surface area (Å²) < 4.78 is 5.36. The van der Waals surface area contributed by atoms with Crippen molar-refractivity contribution in [2.75, 3.05) is 7.11 Å². The molecule has 0 heterocycles. The third-order valence-electron chi connectivity index (χ3n) is 3.16. The molecule has 1 aromatic rings. The number of nitrogens with two attached hydrogens (primary N) is 1. The Morgan fingerprint density at radius 1 is 1.36 bits per heavy atom. The van der Waals surface area contributed by atoms with Crippen LogP contribution in [0.15, 0.2) is 18.2 Å². The van der Waals surface area contributed by atoms with Gasteiger partial charge in [-0.3, -0.25) is 0 Å². The zero-order valence-corrected chi connectivity index (χ0v) is 8.79. The fourth-order valence-corrected chi connectivity index (χ4v) is 2.15. The summed E-state index contributed by atoms with van der Waals surface area (Å²) in [7, 11) is 1.73. The second kappa shape index (κ2) is 3.62. The molecule has 76 valence electrons. The van der Waals surface area contributed by atoms with Gasteiger partial charge in [0.15, 0.2) is 0 Å². The largest absolute Gasteiger partial charge is 0.496 e. The van der Waals surface area contributed by atoms with Crippen LogP contribution in [0.2, 0.25) is 0 Å². The van der Waals surface area contributed by atoms with Crippen LogP contribution < -0.4 is 10.5 Å². The Morgan fingerprint density at radius 2 is 2.14 bits per heavy atom. The van der Waals surface area contributed by atoms with Gasteiger partial charge in [-0.25, -0.2) is 0 Å². The van der Waals surface area contributed by atoms with Crippen LogP contribution in [0.3, 0.4) is 0 Å². The Morgan fingerprint density at radius 3 is 2.86 bits per heavy atom. The Hall–Kier alpha value is -1.02. The minimum absolute atomic E-state index is 0.301. The maximum absolute atomic E-state index is 6.04. The van der Waals surface area contributed by atoms with Gasteiger partial charge < -0.3 is 10.5 Å². The molecule has 1 aromatic carbocycles. The number of fused-ring (bicyclic) bond motifs is 1. The standard InChI is InChI=1S/C12H17NO/c1-8-6-10-9(7-11(8)13)4-3-5-12(10)14-2/h3-5,8,11H,6-7,13H2,1-2H3/t8-,11+/m0/s1. The Kier molecular flexibility index (Phi) is 2.46. The van der Waals surface area contributed by atoms with E-state index < -0.39 is 0 Å². The van der Waals surface area contributed by atoms with E-state index in [0.717, 1.165) is 18.6 Å². The number of hydrogen-bond acceptors (Lipinski definition) is 2. The fourth-order valence-electron chi connectivity index (χ4n) is 2.15. The lowest BCUT2D eigenvalue weighted by Crippen LogP contribution is -2.35. The van der Waals surface area contributed by atoms with Gasteiger partial charge >= 0.3 is 0 Å². The molecule has 2 N–H and O–H groups in total. The molecule has 0 saturated carbocycles. The summed E-state index contributed by atoms with van der Waals surface area (Å²) in [6.07, 6.45) is 2.02. The normalized spacial score (nSPS) is 25.6. The Balaban J connectivity index is 2.41. The summed E-state index contributed by atoms with van der Waals surface area (Å²) in [5.74, 6) is 1.57. The zero-order chi connectivity index (χ0) is 10.1. The number of benzene rings is 1. The van der Waals surface area contributed by atoms with Crippen molar-refractivity contribution < 1.29 is 4.74 Å². The van der Waals surface area contributed by atoms with Gasteiger partial charge in [0.25, 0.3) is 0 Å². The fraction of sp³-hybridized carbons (Fsp3) is 0.500. The van der Waals surface area contributed by atoms with E-state index in [9.17, 15) is 0 Å². The molecule has 0 bridgehead atoms. The summed E-state index contributed by atoms with van der Waals surface area (Å²) in [4.78, 5) is 0. The van der Waals surface area contributed by atoms with Crippen LogP contribution >= 0.6 is 0 Å². The molecular weight excluding hydrogens is 174 g/mol. The Labute approximate surface area is 85.1 Å². The van der Waals surface area contributed by atoms with Crippen LogP contribution in [0, 0.1) is 5.92 Å². The first-order valence-electron chi connectivity index (χ1n) is 5.12. The molecule has 0 fully saturated rings. The van der Waals surface area contributed by atoms with Crippen molar-refractivity contribution in [3.63, 3.8) is 0 Å². The predicted molar refractivity (Wildman–Crippen MR) is 57.5 cm³/mol. The first-order chi connectivity index (χ1) is 6.72. The van der Waals surface area contributed by atoms with E-state index in [1.807, 2.05) is 12.1 Å². The molecule has 0 aliphatic heterocycles. The number of hydrogen-bond donors (Lipinski definition) is 1. The molecule has 0 saturated heterocycles.